The van der Waals surface area contributed by atoms with E-state index in [1.165, 1.54) is 16.7 Å². The van der Waals surface area contributed by atoms with Crippen LogP contribution in [0.3, 0.4) is 0 Å². The molecule has 0 amide bonds. The van der Waals surface area contributed by atoms with Crippen LogP contribution in [0, 0.1) is 0 Å². The Kier molecular flexibility index (Phi) is 3.76. The summed E-state index contributed by atoms with van der Waals surface area (Å²) in [7, 11) is 0. The van der Waals surface area contributed by atoms with Gasteiger partial charge in [0.15, 0.2) is 0 Å². The van der Waals surface area contributed by atoms with Crippen molar-refractivity contribution in [2.24, 2.45) is 0 Å². The fourth-order valence-corrected chi connectivity index (χ4v) is 3.54. The Labute approximate surface area is 142 Å². The second-order valence-corrected chi connectivity index (χ2v) is 5.90. The molecule has 0 atom stereocenters. The van der Waals surface area contributed by atoms with Crippen LogP contribution in [0.4, 0.5) is 0 Å². The third-order valence-corrected chi connectivity index (χ3v) is 4.57. The number of aromatic nitrogens is 1. The summed E-state index contributed by atoms with van der Waals surface area (Å²) >= 11 is 0. The molecule has 0 unspecified atom stereocenters. The Morgan fingerprint density at radius 2 is 0.750 bits per heavy atom. The molecule has 0 aliphatic heterocycles. The maximum absolute atomic E-state index is 2.30. The average molecular weight is 309 g/mol. The molecule has 3 aromatic carbocycles. The summed E-state index contributed by atoms with van der Waals surface area (Å²) in [5.41, 5.74) is 3.36. The first-order valence-electron chi connectivity index (χ1n) is 8.22. The van der Waals surface area contributed by atoms with Crippen LogP contribution in [0.15, 0.2) is 116 Å². The van der Waals surface area contributed by atoms with Gasteiger partial charge in [-0.05, 0) is 28.8 Å². The van der Waals surface area contributed by atoms with Crippen molar-refractivity contribution in [2.75, 3.05) is 0 Å². The van der Waals surface area contributed by atoms with Crippen LogP contribution >= 0.6 is 0 Å². The van der Waals surface area contributed by atoms with E-state index >= 15 is 0 Å². The smallest absolute Gasteiger partial charge is 0.120 e. The van der Waals surface area contributed by atoms with E-state index in [-0.39, 0.29) is 5.54 Å². The standard InChI is InChI=1S/C23H19N/c1-4-12-20(13-5-1)23(24-18-10-11-19-24,21-14-6-2-7-15-21)22-16-8-3-9-17-22/h1-19H. The molecule has 4 rings (SSSR count). The molecule has 1 aromatic heterocycles. The van der Waals surface area contributed by atoms with Gasteiger partial charge in [0.25, 0.3) is 0 Å². The monoisotopic (exact) mass is 309 g/mol. The van der Waals surface area contributed by atoms with E-state index in [0.29, 0.717) is 0 Å². The third kappa shape index (κ3) is 2.26. The van der Waals surface area contributed by atoms with Crippen molar-refractivity contribution in [1.82, 2.24) is 4.57 Å². The minimum absolute atomic E-state index is 0.382. The van der Waals surface area contributed by atoms with Gasteiger partial charge in [-0.15, -0.1) is 0 Å². The molecule has 0 saturated heterocycles. The number of hydrogen-bond acceptors (Lipinski definition) is 0. The van der Waals surface area contributed by atoms with Crippen LogP contribution in [0.1, 0.15) is 16.7 Å². The summed E-state index contributed by atoms with van der Waals surface area (Å²) in [6, 6.07) is 36.3. The molecule has 0 N–H and O–H groups in total. The van der Waals surface area contributed by atoms with Gasteiger partial charge in [0.05, 0.1) is 0 Å². The van der Waals surface area contributed by atoms with E-state index in [4.69, 9.17) is 0 Å². The first-order chi connectivity index (χ1) is 11.9. The molecule has 0 saturated carbocycles. The quantitative estimate of drug-likeness (QED) is 0.449. The predicted octanol–water partition coefficient (Wildman–Crippen LogP) is 5.33. The van der Waals surface area contributed by atoms with Crippen molar-refractivity contribution in [3.05, 3.63) is 132 Å². The van der Waals surface area contributed by atoms with Crippen molar-refractivity contribution in [1.29, 1.82) is 0 Å². The zero-order chi connectivity index (χ0) is 16.2. The average Bonchev–Trinajstić information content (AvgIpc) is 3.20. The lowest BCUT2D eigenvalue weighted by Crippen LogP contribution is -2.36. The minimum atomic E-state index is -0.382. The molecule has 1 heterocycles. The molecule has 1 heteroatoms. The fourth-order valence-electron chi connectivity index (χ4n) is 3.54. The van der Waals surface area contributed by atoms with Crippen molar-refractivity contribution < 1.29 is 0 Å². The molecule has 116 valence electrons. The van der Waals surface area contributed by atoms with Crippen LogP contribution in [0.25, 0.3) is 0 Å². The van der Waals surface area contributed by atoms with Crippen LogP contribution in [0.5, 0.6) is 0 Å². The Hall–Kier alpha value is -3.06. The second-order valence-electron chi connectivity index (χ2n) is 5.90. The highest BCUT2D eigenvalue weighted by Crippen LogP contribution is 2.40. The van der Waals surface area contributed by atoms with E-state index in [1.54, 1.807) is 0 Å². The van der Waals surface area contributed by atoms with Gasteiger partial charge in [0.2, 0.25) is 0 Å². The molecule has 0 aliphatic rings. The molecule has 0 aliphatic carbocycles. The van der Waals surface area contributed by atoms with E-state index < -0.39 is 0 Å². The highest BCUT2D eigenvalue weighted by molar-refractivity contribution is 5.50. The molecule has 0 bridgehead atoms. The zero-order valence-electron chi connectivity index (χ0n) is 13.4. The molecule has 1 nitrogen and oxygen atoms in total. The normalized spacial score (nSPS) is 11.3. The highest BCUT2D eigenvalue weighted by atomic mass is 15.0. The minimum Gasteiger partial charge on any atom is -0.336 e. The Morgan fingerprint density at radius 1 is 0.417 bits per heavy atom. The van der Waals surface area contributed by atoms with Gasteiger partial charge in [-0.3, -0.25) is 0 Å². The van der Waals surface area contributed by atoms with E-state index in [2.05, 4.69) is 120 Å². The Morgan fingerprint density at radius 3 is 1.08 bits per heavy atom. The molecular formula is C23H19N. The Balaban J connectivity index is 2.12. The van der Waals surface area contributed by atoms with E-state index in [1.807, 2.05) is 0 Å². The fraction of sp³-hybridized carbons (Fsp3) is 0.0435. The van der Waals surface area contributed by atoms with Crippen molar-refractivity contribution in [3.63, 3.8) is 0 Å². The lowest BCUT2D eigenvalue weighted by atomic mass is 9.77. The van der Waals surface area contributed by atoms with Gasteiger partial charge in [-0.25, -0.2) is 0 Å². The van der Waals surface area contributed by atoms with Crippen molar-refractivity contribution in [2.45, 2.75) is 5.54 Å². The van der Waals surface area contributed by atoms with Gasteiger partial charge in [-0.1, -0.05) is 91.0 Å². The summed E-state index contributed by atoms with van der Waals surface area (Å²) in [5.74, 6) is 0. The van der Waals surface area contributed by atoms with Gasteiger partial charge in [-0.2, -0.15) is 0 Å². The number of nitrogens with zero attached hydrogens (tertiary/aromatic N) is 1. The third-order valence-electron chi connectivity index (χ3n) is 4.57. The summed E-state index contributed by atoms with van der Waals surface area (Å²) in [6.07, 6.45) is 4.29. The highest BCUT2D eigenvalue weighted by Gasteiger charge is 2.37. The molecular weight excluding hydrogens is 290 g/mol. The predicted molar refractivity (Wildman–Crippen MR) is 99.0 cm³/mol. The summed E-state index contributed by atoms with van der Waals surface area (Å²) < 4.78 is 2.30. The number of benzene rings is 3. The van der Waals surface area contributed by atoms with Crippen molar-refractivity contribution in [3.8, 4) is 0 Å². The van der Waals surface area contributed by atoms with E-state index in [9.17, 15) is 0 Å². The molecule has 0 spiro atoms. The Bertz CT molecular complexity index is 782. The number of hydrogen-bond donors (Lipinski definition) is 0. The second kappa shape index (κ2) is 6.21. The topological polar surface area (TPSA) is 4.93 Å². The van der Waals surface area contributed by atoms with Crippen LogP contribution in [-0.4, -0.2) is 4.57 Å². The largest absolute Gasteiger partial charge is 0.336 e. The SMILES string of the molecule is c1ccc(C(c2ccccc2)(c2ccccc2)n2cccc2)cc1. The molecule has 0 radical (unpaired) electrons. The van der Waals surface area contributed by atoms with E-state index in [0.717, 1.165) is 0 Å². The lowest BCUT2D eigenvalue weighted by Gasteiger charge is -2.37. The van der Waals surface area contributed by atoms with Gasteiger partial charge in [0.1, 0.15) is 5.54 Å². The maximum Gasteiger partial charge on any atom is 0.120 e. The summed E-state index contributed by atoms with van der Waals surface area (Å²) in [5, 5.41) is 0. The van der Waals surface area contributed by atoms with Gasteiger partial charge < -0.3 is 4.57 Å². The molecule has 24 heavy (non-hydrogen) atoms. The van der Waals surface area contributed by atoms with Gasteiger partial charge >= 0.3 is 0 Å². The van der Waals surface area contributed by atoms with Crippen LogP contribution in [0.2, 0.25) is 0 Å². The first kappa shape index (κ1) is 14.5. The van der Waals surface area contributed by atoms with Gasteiger partial charge in [0, 0.05) is 12.4 Å². The summed E-state index contributed by atoms with van der Waals surface area (Å²) in [4.78, 5) is 0. The molecule has 0 fully saturated rings. The zero-order valence-corrected chi connectivity index (χ0v) is 13.4. The number of rotatable bonds is 4. The first-order valence-corrected chi connectivity index (χ1v) is 8.22. The van der Waals surface area contributed by atoms with Crippen LogP contribution in [-0.2, 0) is 5.54 Å². The summed E-state index contributed by atoms with van der Waals surface area (Å²) in [6.45, 7) is 0. The lowest BCUT2D eigenvalue weighted by molar-refractivity contribution is 0.518. The molecule has 4 aromatic rings. The van der Waals surface area contributed by atoms with Crippen LogP contribution < -0.4 is 0 Å². The maximum atomic E-state index is 2.30. The van der Waals surface area contributed by atoms with Crippen molar-refractivity contribution >= 4 is 0 Å².